The van der Waals surface area contributed by atoms with Gasteiger partial charge in [0.25, 0.3) is 5.69 Å². The molecule has 0 saturated heterocycles. The van der Waals surface area contributed by atoms with Crippen molar-refractivity contribution >= 4 is 28.9 Å². The first-order valence-electron chi connectivity index (χ1n) is 5.46. The Morgan fingerprint density at radius 3 is 2.79 bits per heavy atom. The molecule has 0 saturated carbocycles. The molecule has 0 bridgehead atoms. The van der Waals surface area contributed by atoms with Gasteiger partial charge in [-0.1, -0.05) is 11.6 Å². The number of halogens is 1. The van der Waals surface area contributed by atoms with Gasteiger partial charge in [0.1, 0.15) is 5.02 Å². The van der Waals surface area contributed by atoms with Crippen molar-refractivity contribution in [3.8, 4) is 0 Å². The molecule has 0 spiro atoms. The zero-order valence-electron chi connectivity index (χ0n) is 10.1. The smallest absolute Gasteiger partial charge is 0.261 e. The van der Waals surface area contributed by atoms with Gasteiger partial charge in [-0.25, -0.2) is 0 Å². The van der Waals surface area contributed by atoms with Gasteiger partial charge in [0, 0.05) is 18.5 Å². The first kappa shape index (κ1) is 13.2. The number of nitro benzene ring substituents is 1. The summed E-state index contributed by atoms with van der Waals surface area (Å²) in [7, 11) is 0. The Labute approximate surface area is 114 Å². The van der Waals surface area contributed by atoms with Gasteiger partial charge in [0.15, 0.2) is 0 Å². The summed E-state index contributed by atoms with van der Waals surface area (Å²) in [5, 5.41) is 10.8. The SMILES string of the molecule is CC(=Cc1ccc([N+](=O)[O-])c(Cl)c1)c1cnccn1. The third-order valence-electron chi connectivity index (χ3n) is 2.52. The Kier molecular flexibility index (Phi) is 3.87. The molecule has 2 rings (SSSR count). The van der Waals surface area contributed by atoms with Crippen LogP contribution in [0.1, 0.15) is 18.2 Å². The standard InChI is InChI=1S/C13H10ClN3O2/c1-9(12-8-15-4-5-16-12)6-10-2-3-13(17(18)19)11(14)7-10/h2-8H,1H3. The Bertz CT molecular complexity index is 642. The number of hydrogen-bond donors (Lipinski definition) is 0. The molecule has 1 heterocycles. The predicted molar refractivity (Wildman–Crippen MR) is 73.7 cm³/mol. The summed E-state index contributed by atoms with van der Waals surface area (Å²) in [5.41, 5.74) is 2.32. The quantitative estimate of drug-likeness (QED) is 0.634. The molecule has 0 fully saturated rings. The number of benzene rings is 1. The van der Waals surface area contributed by atoms with E-state index in [4.69, 9.17) is 11.6 Å². The summed E-state index contributed by atoms with van der Waals surface area (Å²) in [4.78, 5) is 18.3. The van der Waals surface area contributed by atoms with E-state index in [9.17, 15) is 10.1 Å². The summed E-state index contributed by atoms with van der Waals surface area (Å²) < 4.78 is 0. The van der Waals surface area contributed by atoms with E-state index in [0.717, 1.165) is 16.8 Å². The van der Waals surface area contributed by atoms with E-state index in [-0.39, 0.29) is 10.7 Å². The summed E-state index contributed by atoms with van der Waals surface area (Å²) in [6, 6.07) is 4.58. The molecular formula is C13H10ClN3O2. The summed E-state index contributed by atoms with van der Waals surface area (Å²) in [6.07, 6.45) is 6.70. The molecular weight excluding hydrogens is 266 g/mol. The maximum atomic E-state index is 10.7. The van der Waals surface area contributed by atoms with Crippen molar-refractivity contribution in [3.63, 3.8) is 0 Å². The maximum Gasteiger partial charge on any atom is 0.287 e. The fourth-order valence-electron chi connectivity index (χ4n) is 1.59. The van der Waals surface area contributed by atoms with Gasteiger partial charge in [0.2, 0.25) is 0 Å². The minimum atomic E-state index is -0.509. The van der Waals surface area contributed by atoms with Gasteiger partial charge in [-0.05, 0) is 36.3 Å². The number of hydrogen-bond acceptors (Lipinski definition) is 4. The first-order valence-corrected chi connectivity index (χ1v) is 5.84. The van der Waals surface area contributed by atoms with Gasteiger partial charge < -0.3 is 0 Å². The Morgan fingerprint density at radius 2 is 2.21 bits per heavy atom. The van der Waals surface area contributed by atoms with E-state index >= 15 is 0 Å². The number of rotatable bonds is 3. The minimum Gasteiger partial charge on any atom is -0.261 e. The van der Waals surface area contributed by atoms with Crippen molar-refractivity contribution in [2.45, 2.75) is 6.92 Å². The second-order valence-electron chi connectivity index (χ2n) is 3.89. The average Bonchev–Trinajstić information content (AvgIpc) is 2.39. The number of nitro groups is 1. The third-order valence-corrected chi connectivity index (χ3v) is 2.82. The van der Waals surface area contributed by atoms with Crippen LogP contribution in [0.3, 0.4) is 0 Å². The molecule has 96 valence electrons. The van der Waals surface area contributed by atoms with E-state index < -0.39 is 4.92 Å². The summed E-state index contributed by atoms with van der Waals surface area (Å²) in [6.45, 7) is 1.89. The second-order valence-corrected chi connectivity index (χ2v) is 4.29. The molecule has 0 aliphatic rings. The van der Waals surface area contributed by atoms with Crippen molar-refractivity contribution in [1.29, 1.82) is 0 Å². The average molecular weight is 276 g/mol. The monoisotopic (exact) mass is 275 g/mol. The lowest BCUT2D eigenvalue weighted by Crippen LogP contribution is -1.90. The molecule has 1 aromatic carbocycles. The fraction of sp³-hybridized carbons (Fsp3) is 0.0769. The Balaban J connectivity index is 2.34. The maximum absolute atomic E-state index is 10.7. The number of allylic oxidation sites excluding steroid dienone is 1. The van der Waals surface area contributed by atoms with Gasteiger partial charge >= 0.3 is 0 Å². The van der Waals surface area contributed by atoms with Crippen LogP contribution in [-0.4, -0.2) is 14.9 Å². The molecule has 0 aliphatic carbocycles. The van der Waals surface area contributed by atoms with Crippen LogP contribution >= 0.6 is 11.6 Å². The van der Waals surface area contributed by atoms with Gasteiger partial charge in [-0.15, -0.1) is 0 Å². The topological polar surface area (TPSA) is 68.9 Å². The van der Waals surface area contributed by atoms with Crippen LogP contribution in [0.2, 0.25) is 5.02 Å². The molecule has 0 unspecified atom stereocenters. The summed E-state index contributed by atoms with van der Waals surface area (Å²) >= 11 is 5.85. The highest BCUT2D eigenvalue weighted by Gasteiger charge is 2.11. The normalized spacial score (nSPS) is 11.4. The van der Waals surface area contributed by atoms with Crippen LogP contribution in [0.5, 0.6) is 0 Å². The highest BCUT2D eigenvalue weighted by atomic mass is 35.5. The molecule has 5 nitrogen and oxygen atoms in total. The van der Waals surface area contributed by atoms with Crippen LogP contribution < -0.4 is 0 Å². The minimum absolute atomic E-state index is 0.101. The molecule has 0 radical (unpaired) electrons. The Morgan fingerprint density at radius 1 is 1.42 bits per heavy atom. The zero-order valence-corrected chi connectivity index (χ0v) is 10.8. The van der Waals surface area contributed by atoms with Crippen LogP contribution in [0.15, 0.2) is 36.8 Å². The van der Waals surface area contributed by atoms with Crippen molar-refractivity contribution < 1.29 is 4.92 Å². The van der Waals surface area contributed by atoms with Crippen LogP contribution in [0.4, 0.5) is 5.69 Å². The molecule has 1 aromatic heterocycles. The summed E-state index contributed by atoms with van der Waals surface area (Å²) in [5.74, 6) is 0. The van der Waals surface area contributed by atoms with Crippen molar-refractivity contribution in [2.24, 2.45) is 0 Å². The van der Waals surface area contributed by atoms with E-state index in [1.165, 1.54) is 6.07 Å². The molecule has 19 heavy (non-hydrogen) atoms. The first-order chi connectivity index (χ1) is 9.08. The molecule has 0 aliphatic heterocycles. The van der Waals surface area contributed by atoms with Gasteiger partial charge in [0.05, 0.1) is 16.8 Å². The zero-order chi connectivity index (χ0) is 13.8. The lowest BCUT2D eigenvalue weighted by molar-refractivity contribution is -0.384. The molecule has 2 aromatic rings. The predicted octanol–water partition coefficient (Wildman–Crippen LogP) is 3.60. The van der Waals surface area contributed by atoms with Gasteiger partial charge in [-0.3, -0.25) is 20.1 Å². The third kappa shape index (κ3) is 3.14. The van der Waals surface area contributed by atoms with E-state index in [1.54, 1.807) is 30.7 Å². The van der Waals surface area contributed by atoms with Crippen LogP contribution in [-0.2, 0) is 0 Å². The number of aromatic nitrogens is 2. The van der Waals surface area contributed by atoms with Crippen molar-refractivity contribution in [1.82, 2.24) is 9.97 Å². The lowest BCUT2D eigenvalue weighted by Gasteiger charge is -2.01. The van der Waals surface area contributed by atoms with Crippen molar-refractivity contribution in [3.05, 3.63) is 63.2 Å². The molecule has 0 N–H and O–H groups in total. The van der Waals surface area contributed by atoms with Crippen LogP contribution in [0.25, 0.3) is 11.6 Å². The van der Waals surface area contributed by atoms with E-state index in [0.29, 0.717) is 0 Å². The highest BCUT2D eigenvalue weighted by Crippen LogP contribution is 2.26. The van der Waals surface area contributed by atoms with Gasteiger partial charge in [-0.2, -0.15) is 0 Å². The van der Waals surface area contributed by atoms with E-state index in [2.05, 4.69) is 9.97 Å². The second kappa shape index (κ2) is 5.58. The Hall–Kier alpha value is -2.27. The highest BCUT2D eigenvalue weighted by molar-refractivity contribution is 6.32. The molecule has 6 heteroatoms. The molecule has 0 amide bonds. The number of nitrogens with zero attached hydrogens (tertiary/aromatic N) is 3. The largest absolute Gasteiger partial charge is 0.287 e. The van der Waals surface area contributed by atoms with Crippen LogP contribution in [0, 0.1) is 10.1 Å². The van der Waals surface area contributed by atoms with Crippen molar-refractivity contribution in [2.75, 3.05) is 0 Å². The fourth-order valence-corrected chi connectivity index (χ4v) is 1.85. The van der Waals surface area contributed by atoms with E-state index in [1.807, 2.05) is 13.0 Å². The lowest BCUT2D eigenvalue weighted by atomic mass is 10.1. The molecule has 0 atom stereocenters.